The zero-order valence-corrected chi connectivity index (χ0v) is 20.6. The van der Waals surface area contributed by atoms with Crippen LogP contribution < -0.4 is 5.32 Å². The van der Waals surface area contributed by atoms with Gasteiger partial charge in [-0.15, -0.1) is 0 Å². The highest BCUT2D eigenvalue weighted by atomic mass is 32.1. The predicted octanol–water partition coefficient (Wildman–Crippen LogP) is 6.80. The fourth-order valence-electron chi connectivity index (χ4n) is 4.21. The molecule has 6 aromatic heterocycles. The summed E-state index contributed by atoms with van der Waals surface area (Å²) in [6.07, 6.45) is 8.56. The molecular weight excluding hydrogens is 468 g/mol. The van der Waals surface area contributed by atoms with Crippen molar-refractivity contribution in [2.45, 2.75) is 26.2 Å². The third-order valence-electron chi connectivity index (χ3n) is 6.04. The minimum Gasteiger partial charge on any atom is -0.358 e. The molecule has 6 aromatic rings. The molecule has 0 aliphatic rings. The molecule has 6 heterocycles. The number of hydrogen-bond acceptors (Lipinski definition) is 7. The first kappa shape index (κ1) is 22.1. The number of nitrogens with zero attached hydrogens (tertiary/aromatic N) is 5. The van der Waals surface area contributed by atoms with E-state index in [9.17, 15) is 0 Å². The fraction of sp³-hybridized carbons (Fsp3) is 0.148. The second-order valence-electron chi connectivity index (χ2n) is 8.61. The van der Waals surface area contributed by atoms with E-state index in [0.717, 1.165) is 69.6 Å². The molecule has 0 fully saturated rings. The average molecular weight is 493 g/mol. The van der Waals surface area contributed by atoms with Gasteiger partial charge in [-0.05, 0) is 59.5 Å². The van der Waals surface area contributed by atoms with E-state index in [0.29, 0.717) is 17.2 Å². The Morgan fingerprint density at radius 2 is 2.06 bits per heavy atom. The molecule has 178 valence electrons. The van der Waals surface area contributed by atoms with Crippen LogP contribution in [-0.4, -0.2) is 35.1 Å². The maximum atomic E-state index is 4.93. The molecule has 0 unspecified atom stereocenters. The zero-order valence-electron chi connectivity index (χ0n) is 19.7. The molecule has 9 heteroatoms. The van der Waals surface area contributed by atoms with E-state index in [2.05, 4.69) is 60.8 Å². The van der Waals surface area contributed by atoms with Crippen LogP contribution in [0.4, 0.5) is 5.69 Å². The Labute approximate surface area is 211 Å². The van der Waals surface area contributed by atoms with Gasteiger partial charge in [0.2, 0.25) is 0 Å². The van der Waals surface area contributed by atoms with Crippen LogP contribution in [0.5, 0.6) is 0 Å². The van der Waals surface area contributed by atoms with Gasteiger partial charge in [0.15, 0.2) is 17.2 Å². The number of nitrogens with one attached hydrogen (secondary N) is 3. The van der Waals surface area contributed by atoms with Gasteiger partial charge >= 0.3 is 0 Å². The lowest BCUT2D eigenvalue weighted by atomic mass is 10.1. The van der Waals surface area contributed by atoms with E-state index in [1.54, 1.807) is 23.7 Å². The number of unbranched alkanes of at least 4 members (excludes halogenated alkanes) is 1. The Morgan fingerprint density at radius 1 is 1.11 bits per heavy atom. The molecule has 8 nitrogen and oxygen atoms in total. The first-order chi connectivity index (χ1) is 17.7. The summed E-state index contributed by atoms with van der Waals surface area (Å²) in [5.74, 6) is 0.622. The van der Waals surface area contributed by atoms with Crippen LogP contribution >= 0.6 is 11.3 Å². The topological polar surface area (TPSA) is 108 Å². The van der Waals surface area contributed by atoms with Gasteiger partial charge in [-0.3, -0.25) is 10.1 Å². The molecule has 0 saturated heterocycles. The smallest absolute Gasteiger partial charge is 0.178 e. The lowest BCUT2D eigenvalue weighted by Crippen LogP contribution is -1.99. The normalized spacial score (nSPS) is 11.4. The molecule has 36 heavy (non-hydrogen) atoms. The molecule has 0 atom stereocenters. The van der Waals surface area contributed by atoms with Crippen molar-refractivity contribution < 1.29 is 0 Å². The molecule has 0 aliphatic heterocycles. The van der Waals surface area contributed by atoms with Crippen LogP contribution in [0, 0.1) is 0 Å². The van der Waals surface area contributed by atoms with E-state index < -0.39 is 0 Å². The SMILES string of the molecule is C=C(CCCC)Nc1cncc(-c2ccc3[nH]nc(-c4nc5nccc(-c6ccsc6)c5[nH]4)c3n2)c1. The van der Waals surface area contributed by atoms with Gasteiger partial charge in [0.05, 0.1) is 28.6 Å². The molecular formula is C27H24N8S. The molecule has 0 radical (unpaired) electrons. The molecule has 6 rings (SSSR count). The molecule has 3 N–H and O–H groups in total. The van der Waals surface area contributed by atoms with Crippen molar-refractivity contribution in [1.82, 2.24) is 35.1 Å². The van der Waals surface area contributed by atoms with E-state index in [1.807, 2.05) is 30.5 Å². The van der Waals surface area contributed by atoms with Crippen LogP contribution in [0.1, 0.15) is 26.2 Å². The quantitative estimate of drug-likeness (QED) is 0.216. The lowest BCUT2D eigenvalue weighted by Gasteiger charge is -2.10. The standard InChI is InChI=1S/C27H24N8S/c1-3-4-5-16(2)30-19-12-18(13-28-14-19)21-6-7-22-24(31-21)25(35-34-22)27-32-23-20(17-9-11-36-15-17)8-10-29-26(23)33-27/h6-15,30H,2-5H2,1H3,(H,34,35)(H,29,32,33). The van der Waals surface area contributed by atoms with E-state index in [1.165, 1.54) is 0 Å². The maximum absolute atomic E-state index is 4.93. The van der Waals surface area contributed by atoms with Crippen molar-refractivity contribution in [2.75, 3.05) is 5.32 Å². The van der Waals surface area contributed by atoms with E-state index in [-0.39, 0.29) is 0 Å². The largest absolute Gasteiger partial charge is 0.358 e. The number of anilines is 1. The number of allylic oxidation sites excluding steroid dienone is 1. The minimum absolute atomic E-state index is 0.622. The first-order valence-electron chi connectivity index (χ1n) is 11.8. The van der Waals surface area contributed by atoms with Crippen LogP contribution in [-0.2, 0) is 0 Å². The maximum Gasteiger partial charge on any atom is 0.178 e. The summed E-state index contributed by atoms with van der Waals surface area (Å²) in [7, 11) is 0. The summed E-state index contributed by atoms with van der Waals surface area (Å²) < 4.78 is 0. The van der Waals surface area contributed by atoms with E-state index >= 15 is 0 Å². The van der Waals surface area contributed by atoms with Crippen molar-refractivity contribution >= 4 is 39.2 Å². The number of imidazole rings is 1. The van der Waals surface area contributed by atoms with Crippen molar-refractivity contribution in [3.63, 3.8) is 0 Å². The van der Waals surface area contributed by atoms with Gasteiger partial charge in [-0.25, -0.2) is 15.0 Å². The van der Waals surface area contributed by atoms with Crippen molar-refractivity contribution in [3.05, 3.63) is 72.0 Å². The van der Waals surface area contributed by atoms with Crippen LogP contribution in [0.15, 0.2) is 72.0 Å². The van der Waals surface area contributed by atoms with Crippen molar-refractivity contribution in [1.29, 1.82) is 0 Å². The number of aromatic amines is 2. The van der Waals surface area contributed by atoms with Gasteiger partial charge in [-0.1, -0.05) is 19.9 Å². The minimum atomic E-state index is 0.622. The monoisotopic (exact) mass is 492 g/mol. The second-order valence-corrected chi connectivity index (χ2v) is 9.39. The second kappa shape index (κ2) is 9.35. The number of pyridine rings is 3. The highest BCUT2D eigenvalue weighted by molar-refractivity contribution is 7.08. The molecule has 0 spiro atoms. The van der Waals surface area contributed by atoms with Gasteiger partial charge in [0, 0.05) is 29.2 Å². The molecule has 0 amide bonds. The highest BCUT2D eigenvalue weighted by Crippen LogP contribution is 2.32. The number of thiophene rings is 1. The molecule has 0 bridgehead atoms. The van der Waals surface area contributed by atoms with Crippen LogP contribution in [0.2, 0.25) is 0 Å². The van der Waals surface area contributed by atoms with Gasteiger partial charge < -0.3 is 10.3 Å². The van der Waals surface area contributed by atoms with Crippen molar-refractivity contribution in [3.8, 4) is 33.9 Å². The average Bonchev–Trinajstić information content (AvgIpc) is 3.66. The Morgan fingerprint density at radius 3 is 2.92 bits per heavy atom. The first-order valence-corrected chi connectivity index (χ1v) is 12.8. The van der Waals surface area contributed by atoms with Crippen molar-refractivity contribution in [2.24, 2.45) is 0 Å². The summed E-state index contributed by atoms with van der Waals surface area (Å²) >= 11 is 1.66. The van der Waals surface area contributed by atoms with Crippen LogP contribution in [0.25, 0.3) is 56.1 Å². The number of hydrogen-bond donors (Lipinski definition) is 3. The zero-order chi connectivity index (χ0) is 24.5. The molecule has 0 aromatic carbocycles. The predicted molar refractivity (Wildman–Crippen MR) is 146 cm³/mol. The summed E-state index contributed by atoms with van der Waals surface area (Å²) in [4.78, 5) is 22.0. The molecule has 0 saturated carbocycles. The number of aromatic nitrogens is 7. The van der Waals surface area contributed by atoms with Gasteiger partial charge in [-0.2, -0.15) is 16.4 Å². The fourth-order valence-corrected chi connectivity index (χ4v) is 4.87. The summed E-state index contributed by atoms with van der Waals surface area (Å²) in [6.45, 7) is 6.30. The van der Waals surface area contributed by atoms with E-state index in [4.69, 9.17) is 9.97 Å². The number of rotatable bonds is 8. The van der Waals surface area contributed by atoms with Gasteiger partial charge in [0.25, 0.3) is 0 Å². The Hall–Kier alpha value is -4.37. The third-order valence-corrected chi connectivity index (χ3v) is 6.73. The lowest BCUT2D eigenvalue weighted by molar-refractivity contribution is 0.791. The number of H-pyrrole nitrogens is 2. The Balaban J connectivity index is 1.37. The highest BCUT2D eigenvalue weighted by Gasteiger charge is 2.17. The summed E-state index contributed by atoms with van der Waals surface area (Å²) in [5.41, 5.74) is 9.51. The Bertz CT molecular complexity index is 1680. The van der Waals surface area contributed by atoms with Crippen LogP contribution in [0.3, 0.4) is 0 Å². The summed E-state index contributed by atoms with van der Waals surface area (Å²) in [5, 5.41) is 15.1. The summed E-state index contributed by atoms with van der Waals surface area (Å²) in [6, 6.07) is 10.1. The van der Waals surface area contributed by atoms with Gasteiger partial charge in [0.1, 0.15) is 5.52 Å². The number of fused-ring (bicyclic) bond motifs is 2. The Kier molecular flexibility index (Phi) is 5.74. The third kappa shape index (κ3) is 4.14. The molecule has 0 aliphatic carbocycles.